The van der Waals surface area contributed by atoms with Crippen molar-refractivity contribution in [2.75, 3.05) is 0 Å². The minimum atomic E-state index is -2.18. The number of aromatic nitrogens is 3. The molecule has 0 saturated carbocycles. The van der Waals surface area contributed by atoms with E-state index in [2.05, 4.69) is 149 Å². The number of rotatable bonds is 9. The zero-order valence-corrected chi connectivity index (χ0v) is 39.3. The fraction of sp³-hybridized carbons (Fsp3) is 0.269. The Kier molecular flexibility index (Phi) is 12.3. The number of pyridine rings is 1. The first-order valence-electron chi connectivity index (χ1n) is 21.6. The van der Waals surface area contributed by atoms with Crippen LogP contribution in [0, 0.1) is 24.2 Å². The maximum Gasteiger partial charge on any atom is 0.0798 e. The summed E-state index contributed by atoms with van der Waals surface area (Å²) in [5.41, 5.74) is 12.7. The van der Waals surface area contributed by atoms with Crippen molar-refractivity contribution < 1.29 is 24.2 Å². The van der Waals surface area contributed by atoms with Crippen LogP contribution in [0.15, 0.2) is 121 Å². The molecule has 0 aliphatic carbocycles. The molecule has 299 valence electrons. The summed E-state index contributed by atoms with van der Waals surface area (Å²) in [7, 11) is -1.34. The number of aryl methyl sites for hydroxylation is 1. The van der Waals surface area contributed by atoms with E-state index in [4.69, 9.17) is 9.10 Å². The Balaban J connectivity index is 0.000000250. The molecule has 0 fully saturated rings. The van der Waals surface area contributed by atoms with E-state index in [1.165, 1.54) is 44.3 Å². The Labute approximate surface area is 369 Å². The predicted octanol–water partition coefficient (Wildman–Crippen LogP) is 14.2. The van der Waals surface area contributed by atoms with Crippen LogP contribution in [0.2, 0.25) is 19.6 Å². The van der Waals surface area contributed by atoms with Crippen molar-refractivity contribution in [3.8, 4) is 39.5 Å². The molecular weight excluding hydrogens is 919 g/mol. The fourth-order valence-electron chi connectivity index (χ4n) is 7.66. The fourth-order valence-corrected chi connectivity index (χ4v) is 10.1. The second-order valence-corrected chi connectivity index (χ2v) is 23.0. The van der Waals surface area contributed by atoms with Crippen molar-refractivity contribution in [2.24, 2.45) is 5.92 Å². The van der Waals surface area contributed by atoms with Crippen molar-refractivity contribution in [1.82, 2.24) is 14.5 Å². The Morgan fingerprint density at radius 2 is 1.47 bits per heavy atom. The van der Waals surface area contributed by atoms with Gasteiger partial charge >= 0.3 is 0 Å². The molecule has 3 nitrogen and oxygen atoms in total. The van der Waals surface area contributed by atoms with E-state index < -0.39 is 14.9 Å². The molecule has 5 aromatic carbocycles. The van der Waals surface area contributed by atoms with Gasteiger partial charge in [0.15, 0.2) is 0 Å². The van der Waals surface area contributed by atoms with Gasteiger partial charge in [-0.25, -0.2) is 0 Å². The van der Waals surface area contributed by atoms with E-state index in [9.17, 15) is 0 Å². The molecule has 0 atom stereocenters. The molecule has 8 rings (SSSR count). The quantitative estimate of drug-likeness (QED) is 0.107. The maximum absolute atomic E-state index is 7.99. The Bertz CT molecular complexity index is 2720. The topological polar surface area (TPSA) is 30.7 Å². The van der Waals surface area contributed by atoms with Crippen LogP contribution in [0.25, 0.3) is 60.6 Å². The van der Waals surface area contributed by atoms with Gasteiger partial charge in [-0.3, -0.25) is 16.3 Å². The Morgan fingerprint density at radius 3 is 2.10 bits per heavy atom. The molecule has 0 aliphatic rings. The molecule has 3 aromatic heterocycles. The van der Waals surface area contributed by atoms with Crippen LogP contribution in [0.3, 0.4) is 0 Å². The molecule has 3 heterocycles. The van der Waals surface area contributed by atoms with Gasteiger partial charge in [-0.15, -0.1) is 47.3 Å². The number of thiophene rings is 1. The summed E-state index contributed by atoms with van der Waals surface area (Å²) in [6, 6.07) is 42.4. The number of hydrogen-bond acceptors (Lipinski definition) is 3. The third-order valence-corrected chi connectivity index (χ3v) is 13.4. The summed E-state index contributed by atoms with van der Waals surface area (Å²) >= 11 is 1.50. The van der Waals surface area contributed by atoms with E-state index in [1.54, 1.807) is 12.1 Å². The number of nitrogens with zero attached hydrogens (tertiary/aromatic N) is 3. The summed E-state index contributed by atoms with van der Waals surface area (Å²) in [6.07, 6.45) is 3.24. The number of fused-ring (bicyclic) bond motifs is 2. The van der Waals surface area contributed by atoms with Gasteiger partial charge < -0.3 is 9.55 Å². The third-order valence-electron chi connectivity index (χ3n) is 10.5. The summed E-state index contributed by atoms with van der Waals surface area (Å²) < 4.78 is 27.2. The summed E-state index contributed by atoms with van der Waals surface area (Å²) in [4.78, 5) is 9.84. The largest absolute Gasteiger partial charge is 0.333 e. The van der Waals surface area contributed by atoms with Crippen LogP contribution in [0.5, 0.6) is 0 Å². The number of imidazole rings is 1. The van der Waals surface area contributed by atoms with Crippen LogP contribution >= 0.6 is 11.3 Å². The van der Waals surface area contributed by atoms with Crippen LogP contribution < -0.4 is 5.19 Å². The third kappa shape index (κ3) is 9.22. The van der Waals surface area contributed by atoms with Gasteiger partial charge in [0.2, 0.25) is 0 Å². The zero-order chi connectivity index (χ0) is 42.9. The van der Waals surface area contributed by atoms with E-state index in [0.717, 1.165) is 55.9 Å². The SMILES string of the molecule is CC(C)Cc1cc(-c2[c-]cccc2)ncc1[Si](C)(C)C.[2H]C([2H])([2H])c1ccc2s[c-]c(-c3nc4ccccc4n3-c3c(C(C)C)cc(-c4ccccc4)cc3C(C)C)c2c1.[Ir]. The number of para-hydroxylation sites is 2. The van der Waals surface area contributed by atoms with E-state index in [1.807, 2.05) is 42.5 Å². The maximum atomic E-state index is 7.99. The Hall–Kier alpha value is -4.45. The van der Waals surface area contributed by atoms with Gasteiger partial charge in [-0.05, 0) is 88.4 Å². The van der Waals surface area contributed by atoms with Crippen molar-refractivity contribution >= 4 is 45.7 Å². The van der Waals surface area contributed by atoms with Gasteiger partial charge in [0.25, 0.3) is 0 Å². The van der Waals surface area contributed by atoms with Crippen molar-refractivity contribution in [3.05, 3.63) is 155 Å². The van der Waals surface area contributed by atoms with Crippen LogP contribution in [0.1, 0.15) is 79.7 Å². The molecule has 8 aromatic rings. The normalized spacial score (nSPS) is 12.7. The molecule has 0 saturated heterocycles. The molecule has 0 bridgehead atoms. The molecule has 6 heteroatoms. The van der Waals surface area contributed by atoms with Gasteiger partial charge in [0.1, 0.15) is 0 Å². The first kappa shape index (κ1) is 39.0. The first-order chi connectivity index (χ1) is 28.5. The zero-order valence-electron chi connectivity index (χ0n) is 38.1. The molecule has 1 radical (unpaired) electrons. The molecule has 0 amide bonds. The monoisotopic (exact) mass is 977 g/mol. The molecule has 0 aliphatic heterocycles. The summed E-state index contributed by atoms with van der Waals surface area (Å²) in [5.74, 6) is 1.97. The smallest absolute Gasteiger partial charge is 0.0798 e. The average molecular weight is 977 g/mol. The number of benzene rings is 5. The minimum absolute atomic E-state index is 0. The standard InChI is InChI=1S/C34H31N2S.C18H24NSi.Ir/c1-21(2)26-18-25(24-11-7-6-8-12-24)19-27(22(3)4)33(26)36-31-14-10-9-13-30(31)35-34(36)29-20-37-32-16-15-23(5)17-28(29)32;1-14(2)11-16-12-17(15-9-7-6-8-10-15)19-13-18(16)20(3,4)5;/h6-19,21-22H,1-5H3;6-9,12-14H,11H2,1-5H3;/q2*-1;/i5D3;;. The van der Waals surface area contributed by atoms with Crippen LogP contribution in [-0.4, -0.2) is 22.6 Å². The van der Waals surface area contributed by atoms with Gasteiger partial charge in [0.05, 0.1) is 24.9 Å². The second kappa shape index (κ2) is 18.2. The molecular formula is C52H55IrN3SSi-2. The van der Waals surface area contributed by atoms with Crippen LogP contribution in [0.4, 0.5) is 0 Å². The van der Waals surface area contributed by atoms with E-state index >= 15 is 0 Å². The molecule has 0 N–H and O–H groups in total. The van der Waals surface area contributed by atoms with E-state index in [0.29, 0.717) is 11.5 Å². The number of hydrogen-bond donors (Lipinski definition) is 0. The van der Waals surface area contributed by atoms with Crippen molar-refractivity contribution in [3.63, 3.8) is 0 Å². The molecule has 0 spiro atoms. The first-order valence-corrected chi connectivity index (χ1v) is 24.5. The predicted molar refractivity (Wildman–Crippen MR) is 249 cm³/mol. The van der Waals surface area contributed by atoms with Crippen molar-refractivity contribution in [2.45, 2.75) is 86.3 Å². The summed E-state index contributed by atoms with van der Waals surface area (Å²) in [5, 5.41) is 5.85. The average Bonchev–Trinajstić information content (AvgIpc) is 3.81. The second-order valence-electron chi connectivity index (χ2n) is 17.1. The minimum Gasteiger partial charge on any atom is -0.333 e. The Morgan fingerprint density at radius 1 is 0.776 bits per heavy atom. The van der Waals surface area contributed by atoms with E-state index in [-0.39, 0.29) is 31.9 Å². The van der Waals surface area contributed by atoms with Gasteiger partial charge in [-0.1, -0.05) is 149 Å². The van der Waals surface area contributed by atoms with Crippen LogP contribution in [-0.2, 0) is 26.5 Å². The van der Waals surface area contributed by atoms with Crippen molar-refractivity contribution in [1.29, 1.82) is 0 Å². The molecule has 58 heavy (non-hydrogen) atoms. The van der Waals surface area contributed by atoms with Gasteiger partial charge in [-0.2, -0.15) is 0 Å². The summed E-state index contributed by atoms with van der Waals surface area (Å²) in [6.45, 7) is 18.5. The molecule has 0 unspecified atom stereocenters. The van der Waals surface area contributed by atoms with Gasteiger partial charge in [0, 0.05) is 36.1 Å².